The lowest BCUT2D eigenvalue weighted by Crippen LogP contribution is -2.07. The highest BCUT2D eigenvalue weighted by Crippen LogP contribution is 2.20. The molecule has 2 rings (SSSR count). The molecule has 0 aromatic heterocycles. The third kappa shape index (κ3) is 2.40. The van der Waals surface area contributed by atoms with Gasteiger partial charge < -0.3 is 0 Å². The van der Waals surface area contributed by atoms with E-state index in [1.165, 1.54) is 18.2 Å². The van der Waals surface area contributed by atoms with Crippen molar-refractivity contribution in [1.29, 1.82) is 0 Å². The molecule has 0 aliphatic heterocycles. The van der Waals surface area contributed by atoms with E-state index < -0.39 is 23.2 Å². The predicted octanol–water partition coefficient (Wildman–Crippen LogP) is 3.94. The monoisotopic (exact) mass is 362 g/mol. The fraction of sp³-hybridized carbons (Fsp3) is 0. The first kappa shape index (κ1) is 13.1. The molecule has 1 nitrogen and oxygen atoms in total. The van der Waals surface area contributed by atoms with Gasteiger partial charge in [-0.3, -0.25) is 4.79 Å². The Kier molecular flexibility index (Phi) is 3.70. The zero-order valence-corrected chi connectivity index (χ0v) is 11.0. The van der Waals surface area contributed by atoms with E-state index in [9.17, 15) is 18.0 Å². The van der Waals surface area contributed by atoms with E-state index in [4.69, 9.17) is 0 Å². The van der Waals surface area contributed by atoms with Crippen LogP contribution in [-0.2, 0) is 0 Å². The lowest BCUT2D eigenvalue weighted by Gasteiger charge is -2.05. The Labute approximate surface area is 115 Å². The van der Waals surface area contributed by atoms with Gasteiger partial charge in [0.2, 0.25) is 0 Å². The summed E-state index contributed by atoms with van der Waals surface area (Å²) >= 11 is 1.77. The second-order valence-electron chi connectivity index (χ2n) is 3.55. The summed E-state index contributed by atoms with van der Waals surface area (Å²) in [5.74, 6) is -3.44. The first-order chi connectivity index (χ1) is 8.50. The van der Waals surface area contributed by atoms with Gasteiger partial charge >= 0.3 is 0 Å². The molecule has 0 aliphatic rings. The minimum Gasteiger partial charge on any atom is -0.288 e. The minimum absolute atomic E-state index is 0.140. The Morgan fingerprint density at radius 2 is 1.72 bits per heavy atom. The maximum absolute atomic E-state index is 13.5. The van der Waals surface area contributed by atoms with Crippen molar-refractivity contribution in [3.05, 3.63) is 68.5 Å². The van der Waals surface area contributed by atoms with Gasteiger partial charge in [-0.2, -0.15) is 0 Å². The molecule has 0 atom stereocenters. The smallest absolute Gasteiger partial charge is 0.197 e. The summed E-state index contributed by atoms with van der Waals surface area (Å²) in [5.41, 5.74) is -0.221. The van der Waals surface area contributed by atoms with Gasteiger partial charge in [-0.1, -0.05) is 6.07 Å². The number of hydrogen-bond acceptors (Lipinski definition) is 1. The molecule has 5 heteroatoms. The molecule has 2 aromatic rings. The zero-order chi connectivity index (χ0) is 13.3. The van der Waals surface area contributed by atoms with Crippen LogP contribution in [0, 0.1) is 21.0 Å². The summed E-state index contributed by atoms with van der Waals surface area (Å²) in [6, 6.07) is 6.89. The molecule has 0 amide bonds. The molecule has 18 heavy (non-hydrogen) atoms. The van der Waals surface area contributed by atoms with Crippen LogP contribution >= 0.6 is 22.6 Å². The van der Waals surface area contributed by atoms with Crippen molar-refractivity contribution in [2.24, 2.45) is 0 Å². The summed E-state index contributed by atoms with van der Waals surface area (Å²) < 4.78 is 39.8. The minimum atomic E-state index is -1.19. The van der Waals surface area contributed by atoms with E-state index in [1.807, 2.05) is 0 Å². The number of carbonyl (C=O) groups is 1. The fourth-order valence-corrected chi connectivity index (χ4v) is 2.22. The highest BCUT2D eigenvalue weighted by atomic mass is 127. The van der Waals surface area contributed by atoms with Crippen LogP contribution < -0.4 is 0 Å². The predicted molar refractivity (Wildman–Crippen MR) is 68.9 cm³/mol. The van der Waals surface area contributed by atoms with Crippen LogP contribution in [0.25, 0.3) is 0 Å². The average molecular weight is 362 g/mol. The Morgan fingerprint density at radius 3 is 2.39 bits per heavy atom. The molecule has 0 aliphatic carbocycles. The Hall–Kier alpha value is -1.37. The highest BCUT2D eigenvalue weighted by molar-refractivity contribution is 14.1. The van der Waals surface area contributed by atoms with Crippen molar-refractivity contribution in [3.8, 4) is 0 Å². The second kappa shape index (κ2) is 5.09. The molecular formula is C13H6F3IO. The first-order valence-corrected chi connectivity index (χ1v) is 6.02. The maximum atomic E-state index is 13.5. The summed E-state index contributed by atoms with van der Waals surface area (Å²) in [6.07, 6.45) is 0. The molecule has 0 fully saturated rings. The quantitative estimate of drug-likeness (QED) is 0.584. The summed E-state index contributed by atoms with van der Waals surface area (Å²) in [4.78, 5) is 12.0. The number of halogens is 4. The third-order valence-corrected chi connectivity index (χ3v) is 3.26. The van der Waals surface area contributed by atoms with Crippen LogP contribution in [0.5, 0.6) is 0 Å². The molecule has 0 unspecified atom stereocenters. The highest BCUT2D eigenvalue weighted by Gasteiger charge is 2.18. The van der Waals surface area contributed by atoms with E-state index in [0.717, 1.165) is 18.2 Å². The molecule has 0 heterocycles. The number of rotatable bonds is 2. The molecule has 2 aromatic carbocycles. The summed E-state index contributed by atoms with van der Waals surface area (Å²) in [7, 11) is 0. The van der Waals surface area contributed by atoms with Gasteiger partial charge in [-0.25, -0.2) is 13.2 Å². The van der Waals surface area contributed by atoms with Crippen LogP contribution in [0.1, 0.15) is 15.9 Å². The number of ketones is 1. The van der Waals surface area contributed by atoms with Gasteiger partial charge in [0.1, 0.15) is 5.82 Å². The van der Waals surface area contributed by atoms with Crippen molar-refractivity contribution in [2.75, 3.05) is 0 Å². The number of benzene rings is 2. The van der Waals surface area contributed by atoms with Crippen molar-refractivity contribution >= 4 is 28.4 Å². The molecule has 0 bridgehead atoms. The lowest BCUT2D eigenvalue weighted by molar-refractivity contribution is 0.103. The SMILES string of the molecule is O=C(c1ccc(F)cc1I)c1cccc(F)c1F. The Morgan fingerprint density at radius 1 is 1.00 bits per heavy atom. The lowest BCUT2D eigenvalue weighted by atomic mass is 10.0. The van der Waals surface area contributed by atoms with Gasteiger partial charge in [-0.05, 0) is 52.9 Å². The van der Waals surface area contributed by atoms with Crippen LogP contribution in [-0.4, -0.2) is 5.78 Å². The van der Waals surface area contributed by atoms with Crippen molar-refractivity contribution in [1.82, 2.24) is 0 Å². The standard InChI is InChI=1S/C13H6F3IO/c14-7-4-5-8(11(17)6-7)13(18)9-2-1-3-10(15)12(9)16/h1-6H. The average Bonchev–Trinajstić information content (AvgIpc) is 2.32. The van der Waals surface area contributed by atoms with Crippen LogP contribution in [0.15, 0.2) is 36.4 Å². The van der Waals surface area contributed by atoms with Gasteiger partial charge in [0.15, 0.2) is 17.4 Å². The van der Waals surface area contributed by atoms with E-state index in [0.29, 0.717) is 3.57 Å². The van der Waals surface area contributed by atoms with Crippen LogP contribution in [0.2, 0.25) is 0 Å². The topological polar surface area (TPSA) is 17.1 Å². The van der Waals surface area contributed by atoms with E-state index in [1.54, 1.807) is 22.6 Å². The fourth-order valence-electron chi connectivity index (χ4n) is 1.50. The van der Waals surface area contributed by atoms with Crippen molar-refractivity contribution in [2.45, 2.75) is 0 Å². The molecule has 0 N–H and O–H groups in total. The zero-order valence-electron chi connectivity index (χ0n) is 8.88. The van der Waals surface area contributed by atoms with Crippen LogP contribution in [0.3, 0.4) is 0 Å². The Bertz CT molecular complexity index is 626. The largest absolute Gasteiger partial charge is 0.288 e. The van der Waals surface area contributed by atoms with Crippen molar-refractivity contribution in [3.63, 3.8) is 0 Å². The van der Waals surface area contributed by atoms with E-state index >= 15 is 0 Å². The molecular weight excluding hydrogens is 356 g/mol. The number of hydrogen-bond donors (Lipinski definition) is 0. The molecule has 0 radical (unpaired) electrons. The number of carbonyl (C=O) groups excluding carboxylic acids is 1. The van der Waals surface area contributed by atoms with Gasteiger partial charge in [0, 0.05) is 9.13 Å². The first-order valence-electron chi connectivity index (χ1n) is 4.94. The maximum Gasteiger partial charge on any atom is 0.197 e. The van der Waals surface area contributed by atoms with E-state index in [2.05, 4.69) is 0 Å². The van der Waals surface area contributed by atoms with Crippen LogP contribution in [0.4, 0.5) is 13.2 Å². The molecule has 92 valence electrons. The molecule has 0 spiro atoms. The van der Waals surface area contributed by atoms with Gasteiger partial charge in [-0.15, -0.1) is 0 Å². The van der Waals surface area contributed by atoms with Gasteiger partial charge in [0.25, 0.3) is 0 Å². The second-order valence-corrected chi connectivity index (χ2v) is 4.72. The molecule has 0 saturated heterocycles. The summed E-state index contributed by atoms with van der Waals surface area (Å²) in [6.45, 7) is 0. The Balaban J connectivity index is 2.51. The third-order valence-electron chi connectivity index (χ3n) is 2.37. The summed E-state index contributed by atoms with van der Waals surface area (Å²) in [5, 5.41) is 0. The van der Waals surface area contributed by atoms with Crippen molar-refractivity contribution < 1.29 is 18.0 Å². The van der Waals surface area contributed by atoms with E-state index in [-0.39, 0.29) is 11.1 Å². The normalized spacial score (nSPS) is 10.4. The van der Waals surface area contributed by atoms with Gasteiger partial charge in [0.05, 0.1) is 5.56 Å². The molecule has 0 saturated carbocycles.